The molecule has 0 spiro atoms. The second-order valence-electron chi connectivity index (χ2n) is 9.12. The van der Waals surface area contributed by atoms with Crippen LogP contribution in [-0.4, -0.2) is 32.1 Å². The minimum Gasteiger partial charge on any atom is -0.495 e. The van der Waals surface area contributed by atoms with Gasteiger partial charge in [-0.25, -0.2) is 0 Å². The first kappa shape index (κ1) is 20.3. The van der Waals surface area contributed by atoms with Crippen LogP contribution in [0, 0.1) is 23.2 Å². The summed E-state index contributed by atoms with van der Waals surface area (Å²) in [5.74, 6) is 1.80. The van der Waals surface area contributed by atoms with Crippen molar-refractivity contribution < 1.29 is 19.1 Å². The van der Waals surface area contributed by atoms with Crippen molar-refractivity contribution in [2.45, 2.75) is 51.5 Å². The summed E-state index contributed by atoms with van der Waals surface area (Å²) in [5.41, 5.74) is 0.489. The molecule has 4 aliphatic rings. The second kappa shape index (κ2) is 7.71. The third-order valence-electron chi connectivity index (χ3n) is 7.28. The molecule has 6 nitrogen and oxygen atoms in total. The monoisotopic (exact) mass is 420 g/mol. The van der Waals surface area contributed by atoms with Crippen molar-refractivity contribution in [3.63, 3.8) is 0 Å². The first-order valence-electron chi connectivity index (χ1n) is 10.4. The maximum Gasteiger partial charge on any atom is 0.313 e. The quantitative estimate of drug-likeness (QED) is 0.705. The molecule has 4 bridgehead atoms. The Hall–Kier alpha value is -1.95. The van der Waals surface area contributed by atoms with E-state index < -0.39 is 11.8 Å². The van der Waals surface area contributed by atoms with E-state index >= 15 is 0 Å². The van der Waals surface area contributed by atoms with Crippen molar-refractivity contribution in [1.29, 1.82) is 0 Å². The summed E-state index contributed by atoms with van der Waals surface area (Å²) in [6, 6.07) is 3.08. The molecule has 7 heteroatoms. The number of ether oxygens (including phenoxy) is 2. The van der Waals surface area contributed by atoms with Crippen LogP contribution in [0.25, 0.3) is 0 Å². The second-order valence-corrected chi connectivity index (χ2v) is 9.52. The highest BCUT2D eigenvalue weighted by atomic mass is 35.5. The first-order chi connectivity index (χ1) is 13.8. The third kappa shape index (κ3) is 3.79. The van der Waals surface area contributed by atoms with Gasteiger partial charge in [0.15, 0.2) is 0 Å². The Morgan fingerprint density at radius 3 is 2.07 bits per heavy atom. The fourth-order valence-corrected chi connectivity index (χ4v) is 6.49. The lowest BCUT2D eigenvalue weighted by Gasteiger charge is -2.59. The van der Waals surface area contributed by atoms with Crippen LogP contribution in [0.2, 0.25) is 5.02 Å². The largest absolute Gasteiger partial charge is 0.495 e. The van der Waals surface area contributed by atoms with Crippen LogP contribution < -0.4 is 20.1 Å². The highest BCUT2D eigenvalue weighted by Crippen LogP contribution is 2.61. The van der Waals surface area contributed by atoms with E-state index in [1.807, 2.05) is 0 Å². The molecule has 4 saturated carbocycles. The number of benzene rings is 1. The molecular formula is C22H29ClN2O4. The zero-order valence-corrected chi connectivity index (χ0v) is 18.0. The van der Waals surface area contributed by atoms with Gasteiger partial charge >= 0.3 is 11.8 Å². The van der Waals surface area contributed by atoms with E-state index in [1.165, 1.54) is 52.7 Å². The molecule has 1 aromatic carbocycles. The number of amides is 2. The third-order valence-corrected chi connectivity index (χ3v) is 7.58. The Kier molecular flexibility index (Phi) is 5.40. The topological polar surface area (TPSA) is 76.7 Å². The molecule has 4 aliphatic carbocycles. The molecule has 1 atom stereocenters. The summed E-state index contributed by atoms with van der Waals surface area (Å²) in [6.07, 6.45) is 7.55. The zero-order chi connectivity index (χ0) is 20.8. The number of halogens is 1. The lowest BCUT2D eigenvalue weighted by molar-refractivity contribution is -0.138. The molecule has 0 heterocycles. The first-order valence-corrected chi connectivity index (χ1v) is 10.7. The Bertz CT molecular complexity index is 790. The van der Waals surface area contributed by atoms with Crippen LogP contribution >= 0.6 is 11.6 Å². The van der Waals surface area contributed by atoms with Gasteiger partial charge in [0.2, 0.25) is 0 Å². The molecule has 2 N–H and O–H groups in total. The van der Waals surface area contributed by atoms with Crippen LogP contribution in [0.3, 0.4) is 0 Å². The molecule has 0 aliphatic heterocycles. The molecule has 158 valence electrons. The van der Waals surface area contributed by atoms with E-state index in [0.717, 1.165) is 17.8 Å². The molecule has 2 amide bonds. The normalized spacial score (nSPS) is 30.6. The molecular weight excluding hydrogens is 392 g/mol. The highest BCUT2D eigenvalue weighted by molar-refractivity contribution is 6.40. The Labute approximate surface area is 176 Å². The maximum atomic E-state index is 12.7. The lowest BCUT2D eigenvalue weighted by Crippen LogP contribution is -2.57. The summed E-state index contributed by atoms with van der Waals surface area (Å²) in [6.45, 7) is 2.06. The van der Waals surface area contributed by atoms with Crippen LogP contribution in [0.1, 0.15) is 45.4 Å². The van der Waals surface area contributed by atoms with Gasteiger partial charge in [-0.2, -0.15) is 0 Å². The van der Waals surface area contributed by atoms with E-state index in [2.05, 4.69) is 17.6 Å². The van der Waals surface area contributed by atoms with Gasteiger partial charge in [0, 0.05) is 18.2 Å². The van der Waals surface area contributed by atoms with Crippen LogP contribution in [0.4, 0.5) is 5.69 Å². The number of hydrogen-bond donors (Lipinski definition) is 2. The number of carbonyl (C=O) groups is 2. The Morgan fingerprint density at radius 1 is 1.00 bits per heavy atom. The molecule has 1 aromatic rings. The number of anilines is 1. The number of nitrogens with one attached hydrogen (secondary N) is 2. The maximum absolute atomic E-state index is 12.7. The van der Waals surface area contributed by atoms with Crippen molar-refractivity contribution in [3.05, 3.63) is 17.2 Å². The van der Waals surface area contributed by atoms with E-state index in [-0.39, 0.29) is 11.5 Å². The summed E-state index contributed by atoms with van der Waals surface area (Å²) < 4.78 is 10.5. The number of methoxy groups -OCH3 is 2. The summed E-state index contributed by atoms with van der Waals surface area (Å²) >= 11 is 6.10. The van der Waals surface area contributed by atoms with Gasteiger partial charge < -0.3 is 20.1 Å². The van der Waals surface area contributed by atoms with Crippen molar-refractivity contribution >= 4 is 29.1 Å². The van der Waals surface area contributed by atoms with Crippen molar-refractivity contribution in [2.24, 2.45) is 23.2 Å². The number of carbonyl (C=O) groups excluding carboxylic acids is 2. The lowest BCUT2D eigenvalue weighted by atomic mass is 9.48. The number of rotatable bonds is 5. The zero-order valence-electron chi connectivity index (χ0n) is 17.2. The van der Waals surface area contributed by atoms with Crippen LogP contribution in [-0.2, 0) is 9.59 Å². The van der Waals surface area contributed by atoms with Gasteiger partial charge in [0.25, 0.3) is 0 Å². The average molecular weight is 421 g/mol. The van der Waals surface area contributed by atoms with Gasteiger partial charge in [0.1, 0.15) is 11.5 Å². The standard InChI is InChI=1S/C22H29ClN2O4/c1-12(22-9-13-4-14(10-22)6-15(5-13)11-22)24-20(26)21(27)25-17-8-18(28-2)16(23)7-19(17)29-3/h7-8,12-15H,4-6,9-11H2,1-3H3,(H,24,26)(H,25,27). The summed E-state index contributed by atoms with van der Waals surface area (Å²) in [7, 11) is 2.96. The molecule has 4 fully saturated rings. The minimum absolute atomic E-state index is 0.0178. The van der Waals surface area contributed by atoms with E-state index in [1.54, 1.807) is 12.1 Å². The molecule has 0 saturated heterocycles. The Morgan fingerprint density at radius 2 is 1.55 bits per heavy atom. The smallest absolute Gasteiger partial charge is 0.313 e. The van der Waals surface area contributed by atoms with Gasteiger partial charge in [-0.05, 0) is 68.6 Å². The predicted molar refractivity (Wildman–Crippen MR) is 111 cm³/mol. The molecule has 0 aromatic heterocycles. The predicted octanol–water partition coefficient (Wildman–Crippen LogP) is 4.02. The Balaban J connectivity index is 1.43. The van der Waals surface area contributed by atoms with Crippen molar-refractivity contribution in [2.75, 3.05) is 19.5 Å². The van der Waals surface area contributed by atoms with Crippen molar-refractivity contribution in [1.82, 2.24) is 5.32 Å². The molecule has 29 heavy (non-hydrogen) atoms. The molecule has 0 radical (unpaired) electrons. The summed E-state index contributed by atoms with van der Waals surface area (Å²) in [4.78, 5) is 25.2. The summed E-state index contributed by atoms with van der Waals surface area (Å²) in [5, 5.41) is 5.98. The van der Waals surface area contributed by atoms with Crippen molar-refractivity contribution in [3.8, 4) is 11.5 Å². The van der Waals surface area contributed by atoms with E-state index in [4.69, 9.17) is 21.1 Å². The average Bonchev–Trinajstić information content (AvgIpc) is 2.67. The highest BCUT2D eigenvalue weighted by Gasteiger charge is 2.53. The van der Waals surface area contributed by atoms with Crippen LogP contribution in [0.15, 0.2) is 12.1 Å². The fraction of sp³-hybridized carbons (Fsp3) is 0.636. The fourth-order valence-electron chi connectivity index (χ4n) is 6.26. The molecule has 5 rings (SSSR count). The van der Waals surface area contributed by atoms with Gasteiger partial charge in [-0.3, -0.25) is 9.59 Å². The van der Waals surface area contributed by atoms with Gasteiger partial charge in [0.05, 0.1) is 24.9 Å². The van der Waals surface area contributed by atoms with E-state index in [9.17, 15) is 9.59 Å². The van der Waals surface area contributed by atoms with Crippen LogP contribution in [0.5, 0.6) is 11.5 Å². The van der Waals surface area contributed by atoms with Gasteiger partial charge in [-0.15, -0.1) is 0 Å². The SMILES string of the molecule is COc1cc(NC(=O)C(=O)NC(C)C23CC4CC(CC(C4)C2)C3)c(OC)cc1Cl. The number of hydrogen-bond acceptors (Lipinski definition) is 4. The minimum atomic E-state index is -0.718. The van der Waals surface area contributed by atoms with E-state index in [0.29, 0.717) is 22.2 Å². The molecule has 1 unspecified atom stereocenters. The van der Waals surface area contributed by atoms with Gasteiger partial charge in [-0.1, -0.05) is 11.6 Å².